The maximum Gasteiger partial charge on any atom is 0.258 e. The van der Waals surface area contributed by atoms with Crippen LogP contribution in [0.2, 0.25) is 0 Å². The predicted molar refractivity (Wildman–Crippen MR) is 117 cm³/mol. The first-order valence-corrected chi connectivity index (χ1v) is 11.0. The van der Waals surface area contributed by atoms with Crippen LogP contribution in [0.5, 0.6) is 0 Å². The lowest BCUT2D eigenvalue weighted by Crippen LogP contribution is -2.27. The fraction of sp³-hybridized carbons (Fsp3) is 0.520. The smallest absolute Gasteiger partial charge is 0.258 e. The van der Waals surface area contributed by atoms with Crippen molar-refractivity contribution in [1.29, 1.82) is 0 Å². The fourth-order valence-corrected chi connectivity index (χ4v) is 4.79. The number of allylic oxidation sites excluding steroid dienone is 3. The summed E-state index contributed by atoms with van der Waals surface area (Å²) < 4.78 is 14.0. The van der Waals surface area contributed by atoms with Gasteiger partial charge >= 0.3 is 0 Å². The molecule has 1 saturated carbocycles. The zero-order valence-corrected chi connectivity index (χ0v) is 18.1. The Morgan fingerprint density at radius 2 is 2.07 bits per heavy atom. The van der Waals surface area contributed by atoms with Gasteiger partial charge in [0.25, 0.3) is 5.91 Å². The van der Waals surface area contributed by atoms with Gasteiger partial charge in [-0.05, 0) is 74.5 Å². The number of aliphatic imine (C=N–C) groups is 1. The van der Waals surface area contributed by atoms with Gasteiger partial charge in [-0.1, -0.05) is 44.9 Å². The Kier molecular flexibility index (Phi) is 7.05. The maximum atomic E-state index is 14.0. The highest BCUT2D eigenvalue weighted by Gasteiger charge is 2.37. The Morgan fingerprint density at radius 3 is 2.76 bits per heavy atom. The van der Waals surface area contributed by atoms with E-state index in [1.807, 2.05) is 0 Å². The number of benzene rings is 1. The number of amides is 1. The number of rotatable bonds is 7. The van der Waals surface area contributed by atoms with Gasteiger partial charge in [0.05, 0.1) is 5.56 Å². The van der Waals surface area contributed by atoms with E-state index in [1.54, 1.807) is 18.3 Å². The van der Waals surface area contributed by atoms with E-state index < -0.39 is 11.7 Å². The molecule has 2 aliphatic rings. The molecule has 3 rings (SSSR count). The number of nitrogens with one attached hydrogen (secondary N) is 1. The van der Waals surface area contributed by atoms with Crippen LogP contribution in [0.25, 0.3) is 0 Å². The number of hydrogen-bond donors (Lipinski definition) is 1. The Bertz CT molecular complexity index is 852. The number of hydrogen-bond acceptors (Lipinski definition) is 2. The van der Waals surface area contributed by atoms with Crippen molar-refractivity contribution in [3.8, 4) is 0 Å². The number of nitrogens with zero attached hydrogens (tertiary/aromatic N) is 1. The lowest BCUT2D eigenvalue weighted by atomic mass is 9.91. The average Bonchev–Trinajstić information content (AvgIpc) is 3.28. The summed E-state index contributed by atoms with van der Waals surface area (Å²) in [7, 11) is 0. The molecule has 0 spiro atoms. The van der Waals surface area contributed by atoms with Crippen LogP contribution in [-0.4, -0.2) is 11.6 Å². The number of carbonyl (C=O) groups excluding carboxylic acids is 1. The van der Waals surface area contributed by atoms with Gasteiger partial charge in [-0.3, -0.25) is 9.79 Å². The summed E-state index contributed by atoms with van der Waals surface area (Å²) in [4.78, 5) is 17.5. The van der Waals surface area contributed by atoms with Crippen molar-refractivity contribution in [3.63, 3.8) is 0 Å². The Hall–Kier alpha value is -2.23. The van der Waals surface area contributed by atoms with Crippen LogP contribution in [0.15, 0.2) is 52.3 Å². The summed E-state index contributed by atoms with van der Waals surface area (Å²) in [5.74, 6) is 0.647. The van der Waals surface area contributed by atoms with Crippen LogP contribution in [0.1, 0.15) is 76.6 Å². The Morgan fingerprint density at radius 1 is 1.31 bits per heavy atom. The highest BCUT2D eigenvalue weighted by atomic mass is 19.1. The zero-order valence-electron chi connectivity index (χ0n) is 18.1. The van der Waals surface area contributed by atoms with E-state index in [1.165, 1.54) is 49.0 Å². The second-order valence-electron chi connectivity index (χ2n) is 8.45. The molecule has 1 fully saturated rings. The van der Waals surface area contributed by atoms with Gasteiger partial charge in [0.1, 0.15) is 5.82 Å². The number of fused-ring (bicyclic) bond motifs is 1. The van der Waals surface area contributed by atoms with Gasteiger partial charge in [0.2, 0.25) is 0 Å². The second-order valence-corrected chi connectivity index (χ2v) is 8.45. The second kappa shape index (κ2) is 9.51. The van der Waals surface area contributed by atoms with Crippen molar-refractivity contribution in [2.45, 2.75) is 66.2 Å². The van der Waals surface area contributed by atoms with Crippen LogP contribution in [-0.2, 0) is 0 Å². The molecule has 1 aromatic carbocycles. The molecule has 3 nitrogen and oxygen atoms in total. The van der Waals surface area contributed by atoms with Gasteiger partial charge < -0.3 is 5.32 Å². The molecule has 3 atom stereocenters. The molecule has 0 radical (unpaired) electrons. The van der Waals surface area contributed by atoms with Crippen LogP contribution >= 0.6 is 0 Å². The van der Waals surface area contributed by atoms with Crippen LogP contribution in [0, 0.1) is 23.6 Å². The Balaban J connectivity index is 1.87. The van der Waals surface area contributed by atoms with Crippen LogP contribution < -0.4 is 5.32 Å². The quantitative estimate of drug-likeness (QED) is 0.530. The van der Waals surface area contributed by atoms with E-state index in [9.17, 15) is 9.18 Å². The third-order valence-corrected chi connectivity index (χ3v) is 6.58. The zero-order chi connectivity index (χ0) is 21.0. The topological polar surface area (TPSA) is 41.5 Å². The molecule has 3 unspecified atom stereocenters. The molecule has 2 aliphatic carbocycles. The minimum Gasteiger partial charge on any atom is -0.324 e. The van der Waals surface area contributed by atoms with E-state index in [0.29, 0.717) is 5.92 Å². The third-order valence-electron chi connectivity index (χ3n) is 6.58. The van der Waals surface area contributed by atoms with E-state index >= 15 is 0 Å². The van der Waals surface area contributed by atoms with Crippen molar-refractivity contribution in [2.24, 2.45) is 22.7 Å². The van der Waals surface area contributed by atoms with Gasteiger partial charge in [-0.25, -0.2) is 4.39 Å². The molecule has 1 amide bonds. The molecule has 156 valence electrons. The van der Waals surface area contributed by atoms with Gasteiger partial charge in [0.15, 0.2) is 0 Å². The summed E-state index contributed by atoms with van der Waals surface area (Å²) in [6.07, 6.45) is 8.65. The molecular weight excluding hydrogens is 363 g/mol. The fourth-order valence-electron chi connectivity index (χ4n) is 4.79. The number of halogens is 1. The normalized spacial score (nSPS) is 23.3. The summed E-state index contributed by atoms with van der Waals surface area (Å²) in [5.41, 5.74) is 4.87. The lowest BCUT2D eigenvalue weighted by molar-refractivity contribution is 0.0957. The maximum absolute atomic E-state index is 14.0. The molecule has 0 heterocycles. The molecule has 0 aliphatic heterocycles. The molecule has 4 heteroatoms. The van der Waals surface area contributed by atoms with Gasteiger partial charge in [-0.15, -0.1) is 0 Å². The minimum atomic E-state index is -0.509. The molecule has 29 heavy (non-hydrogen) atoms. The summed E-state index contributed by atoms with van der Waals surface area (Å²) in [6, 6.07) is 6.07. The SMILES string of the molecule is CCC(=N/C=C(/NC(=O)c1ccccc1F)C(C)CC)C1=C(C)CC2CCCC12. The average molecular weight is 397 g/mol. The summed E-state index contributed by atoms with van der Waals surface area (Å²) >= 11 is 0. The van der Waals surface area contributed by atoms with E-state index in [2.05, 4.69) is 33.0 Å². The summed E-state index contributed by atoms with van der Waals surface area (Å²) in [5, 5.41) is 2.91. The van der Waals surface area contributed by atoms with Crippen LogP contribution in [0.3, 0.4) is 0 Å². The van der Waals surface area contributed by atoms with Crippen molar-refractivity contribution < 1.29 is 9.18 Å². The molecule has 1 N–H and O–H groups in total. The van der Waals surface area contributed by atoms with Crippen molar-refractivity contribution in [2.75, 3.05) is 0 Å². The third kappa shape index (κ3) is 4.68. The molecule has 1 aromatic rings. The highest BCUT2D eigenvalue weighted by Crippen LogP contribution is 2.48. The van der Waals surface area contributed by atoms with Crippen molar-refractivity contribution in [1.82, 2.24) is 5.32 Å². The molecule has 0 saturated heterocycles. The van der Waals surface area contributed by atoms with E-state index in [0.717, 1.165) is 30.2 Å². The first-order chi connectivity index (χ1) is 14.0. The summed E-state index contributed by atoms with van der Waals surface area (Å²) in [6.45, 7) is 8.53. The van der Waals surface area contributed by atoms with Gasteiger partial charge in [0, 0.05) is 17.6 Å². The standard InChI is InChI=1S/C25H33FN2O/c1-5-16(3)23(28-25(29)20-11-7-8-13-21(20)26)15-27-22(6-2)24-17(4)14-18-10-9-12-19(18)24/h7-8,11,13,15-16,18-19H,5-6,9-10,12,14H2,1-4H3,(H,28,29)/b23-15+,27-22?. The van der Waals surface area contributed by atoms with Gasteiger partial charge in [-0.2, -0.15) is 0 Å². The largest absolute Gasteiger partial charge is 0.324 e. The molecular formula is C25H33FN2O. The first-order valence-electron chi connectivity index (χ1n) is 11.0. The predicted octanol–water partition coefficient (Wildman–Crippen LogP) is 6.43. The van der Waals surface area contributed by atoms with Crippen molar-refractivity contribution in [3.05, 3.63) is 58.7 Å². The minimum absolute atomic E-state index is 0.0598. The monoisotopic (exact) mass is 396 g/mol. The van der Waals surface area contributed by atoms with E-state index in [4.69, 9.17) is 4.99 Å². The lowest BCUT2D eigenvalue weighted by Gasteiger charge is -2.17. The Labute approximate surface area is 174 Å². The highest BCUT2D eigenvalue weighted by molar-refractivity contribution is 6.02. The molecule has 0 aromatic heterocycles. The van der Waals surface area contributed by atoms with E-state index in [-0.39, 0.29) is 11.5 Å². The van der Waals surface area contributed by atoms with Crippen molar-refractivity contribution >= 4 is 11.6 Å². The molecule has 0 bridgehead atoms. The van der Waals surface area contributed by atoms with Crippen LogP contribution in [0.4, 0.5) is 4.39 Å². The number of carbonyl (C=O) groups is 1. The first kappa shape index (κ1) is 21.5.